The SMILES string of the molecule is COCCNC(=O)c1cc(C(=O)Nc2cc(Cl)ccc2C)ccn1. The lowest BCUT2D eigenvalue weighted by Gasteiger charge is -2.09. The second kappa shape index (κ2) is 8.42. The number of hydrogen-bond acceptors (Lipinski definition) is 4. The van der Waals surface area contributed by atoms with Gasteiger partial charge in [-0.3, -0.25) is 14.6 Å². The molecule has 0 aliphatic carbocycles. The Morgan fingerprint density at radius 3 is 2.75 bits per heavy atom. The zero-order valence-electron chi connectivity index (χ0n) is 13.4. The van der Waals surface area contributed by atoms with Crippen LogP contribution in [-0.2, 0) is 4.74 Å². The highest BCUT2D eigenvalue weighted by Gasteiger charge is 2.12. The number of benzene rings is 1. The van der Waals surface area contributed by atoms with Gasteiger partial charge in [-0.25, -0.2) is 0 Å². The lowest BCUT2D eigenvalue weighted by atomic mass is 10.1. The molecule has 2 amide bonds. The van der Waals surface area contributed by atoms with E-state index in [0.29, 0.717) is 29.4 Å². The quantitative estimate of drug-likeness (QED) is 0.787. The third-order valence-corrected chi connectivity index (χ3v) is 3.53. The van der Waals surface area contributed by atoms with E-state index >= 15 is 0 Å². The minimum Gasteiger partial charge on any atom is -0.383 e. The molecule has 24 heavy (non-hydrogen) atoms. The molecule has 1 heterocycles. The van der Waals surface area contributed by atoms with Crippen LogP contribution in [-0.4, -0.2) is 37.1 Å². The predicted molar refractivity (Wildman–Crippen MR) is 92.6 cm³/mol. The standard InChI is InChI=1S/C17H18ClN3O3/c1-11-3-4-13(18)10-14(11)21-16(22)12-5-6-19-15(9-12)17(23)20-7-8-24-2/h3-6,9-10H,7-8H2,1-2H3,(H,20,23)(H,21,22). The number of hydrogen-bond donors (Lipinski definition) is 2. The molecule has 0 unspecified atom stereocenters. The fraction of sp³-hybridized carbons (Fsp3) is 0.235. The summed E-state index contributed by atoms with van der Waals surface area (Å²) in [6.45, 7) is 2.64. The first kappa shape index (κ1) is 17.9. The van der Waals surface area contributed by atoms with Crippen molar-refractivity contribution in [2.24, 2.45) is 0 Å². The third kappa shape index (κ3) is 4.78. The predicted octanol–water partition coefficient (Wildman–Crippen LogP) is 2.67. The summed E-state index contributed by atoms with van der Waals surface area (Å²) in [6, 6.07) is 8.23. The van der Waals surface area contributed by atoms with Gasteiger partial charge in [0.05, 0.1) is 6.61 Å². The van der Waals surface area contributed by atoms with Crippen LogP contribution in [0, 0.1) is 6.92 Å². The Kier molecular flexibility index (Phi) is 6.28. The van der Waals surface area contributed by atoms with E-state index in [2.05, 4.69) is 15.6 Å². The van der Waals surface area contributed by atoms with Gasteiger partial charge >= 0.3 is 0 Å². The van der Waals surface area contributed by atoms with Crippen molar-refractivity contribution in [2.75, 3.05) is 25.6 Å². The number of aromatic nitrogens is 1. The van der Waals surface area contributed by atoms with Gasteiger partial charge in [0.1, 0.15) is 5.69 Å². The molecule has 2 rings (SSSR count). The summed E-state index contributed by atoms with van der Waals surface area (Å²) >= 11 is 5.95. The normalized spacial score (nSPS) is 10.3. The Hall–Kier alpha value is -2.44. The van der Waals surface area contributed by atoms with Gasteiger partial charge in [-0.1, -0.05) is 17.7 Å². The van der Waals surface area contributed by atoms with Crippen molar-refractivity contribution in [3.8, 4) is 0 Å². The number of nitrogens with one attached hydrogen (secondary N) is 2. The number of carbonyl (C=O) groups excluding carboxylic acids is 2. The molecule has 0 fully saturated rings. The molecule has 1 aromatic heterocycles. The minimum atomic E-state index is -0.361. The largest absolute Gasteiger partial charge is 0.383 e. The van der Waals surface area contributed by atoms with E-state index in [1.165, 1.54) is 12.3 Å². The van der Waals surface area contributed by atoms with E-state index < -0.39 is 0 Å². The van der Waals surface area contributed by atoms with Crippen LogP contribution in [0.2, 0.25) is 5.02 Å². The second-order valence-corrected chi connectivity index (χ2v) is 5.53. The summed E-state index contributed by atoms with van der Waals surface area (Å²) in [6.07, 6.45) is 1.42. The highest BCUT2D eigenvalue weighted by Crippen LogP contribution is 2.20. The van der Waals surface area contributed by atoms with Crippen molar-refractivity contribution in [2.45, 2.75) is 6.92 Å². The maximum atomic E-state index is 12.4. The van der Waals surface area contributed by atoms with Crippen LogP contribution in [0.15, 0.2) is 36.5 Å². The Morgan fingerprint density at radius 1 is 1.21 bits per heavy atom. The molecule has 0 aliphatic rings. The number of halogens is 1. The number of aryl methyl sites for hydroxylation is 1. The lowest BCUT2D eigenvalue weighted by molar-refractivity contribution is 0.0932. The molecule has 2 aromatic rings. The van der Waals surface area contributed by atoms with Crippen molar-refractivity contribution in [3.63, 3.8) is 0 Å². The molecule has 7 heteroatoms. The zero-order valence-corrected chi connectivity index (χ0v) is 14.2. The summed E-state index contributed by atoms with van der Waals surface area (Å²) in [5, 5.41) is 5.97. The summed E-state index contributed by atoms with van der Waals surface area (Å²) in [4.78, 5) is 28.3. The van der Waals surface area contributed by atoms with E-state index in [1.54, 1.807) is 25.3 Å². The molecule has 0 saturated heterocycles. The number of anilines is 1. The maximum Gasteiger partial charge on any atom is 0.269 e. The van der Waals surface area contributed by atoms with Gasteiger partial charge in [-0.2, -0.15) is 0 Å². The van der Waals surface area contributed by atoms with E-state index in [0.717, 1.165) is 5.56 Å². The monoisotopic (exact) mass is 347 g/mol. The number of nitrogens with zero attached hydrogens (tertiary/aromatic N) is 1. The Balaban J connectivity index is 2.11. The minimum absolute atomic E-state index is 0.168. The fourth-order valence-corrected chi connectivity index (χ4v) is 2.15. The molecule has 0 atom stereocenters. The van der Waals surface area contributed by atoms with Crippen molar-refractivity contribution in [3.05, 3.63) is 58.4 Å². The first-order valence-corrected chi connectivity index (χ1v) is 7.69. The van der Waals surface area contributed by atoms with Crippen LogP contribution in [0.1, 0.15) is 26.4 Å². The summed E-state index contributed by atoms with van der Waals surface area (Å²) in [5.74, 6) is -0.700. The molecule has 0 saturated carbocycles. The first-order chi connectivity index (χ1) is 11.5. The Morgan fingerprint density at radius 2 is 2.00 bits per heavy atom. The average Bonchev–Trinajstić information content (AvgIpc) is 2.58. The second-order valence-electron chi connectivity index (χ2n) is 5.09. The van der Waals surface area contributed by atoms with E-state index in [1.807, 2.05) is 13.0 Å². The van der Waals surface area contributed by atoms with E-state index in [-0.39, 0.29) is 17.5 Å². The van der Waals surface area contributed by atoms with Crippen LogP contribution in [0.25, 0.3) is 0 Å². The lowest BCUT2D eigenvalue weighted by Crippen LogP contribution is -2.28. The first-order valence-electron chi connectivity index (χ1n) is 7.32. The van der Waals surface area contributed by atoms with Crippen LogP contribution in [0.3, 0.4) is 0 Å². The molecule has 126 valence electrons. The molecule has 0 spiro atoms. The van der Waals surface area contributed by atoms with Crippen molar-refractivity contribution in [1.29, 1.82) is 0 Å². The fourth-order valence-electron chi connectivity index (χ4n) is 1.98. The van der Waals surface area contributed by atoms with Gasteiger partial charge in [0.15, 0.2) is 0 Å². The molecule has 6 nitrogen and oxygen atoms in total. The van der Waals surface area contributed by atoms with E-state index in [9.17, 15) is 9.59 Å². The summed E-state index contributed by atoms with van der Waals surface area (Å²) < 4.78 is 4.87. The third-order valence-electron chi connectivity index (χ3n) is 3.29. The molecule has 0 radical (unpaired) electrons. The van der Waals surface area contributed by atoms with Crippen molar-refractivity contribution < 1.29 is 14.3 Å². The molecule has 2 N–H and O–H groups in total. The van der Waals surface area contributed by atoms with Crippen molar-refractivity contribution in [1.82, 2.24) is 10.3 Å². The molecular weight excluding hydrogens is 330 g/mol. The number of pyridine rings is 1. The zero-order chi connectivity index (χ0) is 17.5. The number of methoxy groups -OCH3 is 1. The number of carbonyl (C=O) groups is 2. The van der Waals surface area contributed by atoms with Crippen LogP contribution >= 0.6 is 11.6 Å². The summed E-state index contributed by atoms with van der Waals surface area (Å²) in [7, 11) is 1.55. The number of amides is 2. The average molecular weight is 348 g/mol. The smallest absolute Gasteiger partial charge is 0.269 e. The molecule has 0 bridgehead atoms. The summed E-state index contributed by atoms with van der Waals surface area (Å²) in [5.41, 5.74) is 2.01. The van der Waals surface area contributed by atoms with Crippen molar-refractivity contribution >= 4 is 29.1 Å². The highest BCUT2D eigenvalue weighted by molar-refractivity contribution is 6.31. The maximum absolute atomic E-state index is 12.4. The van der Waals surface area contributed by atoms with Gasteiger partial charge in [0.2, 0.25) is 0 Å². The van der Waals surface area contributed by atoms with Gasteiger partial charge < -0.3 is 15.4 Å². The molecular formula is C17H18ClN3O3. The van der Waals surface area contributed by atoms with Gasteiger partial charge in [-0.05, 0) is 36.8 Å². The Labute approximate surface area is 145 Å². The highest BCUT2D eigenvalue weighted by atomic mass is 35.5. The van der Waals surface area contributed by atoms with E-state index in [4.69, 9.17) is 16.3 Å². The van der Waals surface area contributed by atoms with Crippen LogP contribution in [0.5, 0.6) is 0 Å². The van der Waals surface area contributed by atoms with Gasteiger partial charge in [-0.15, -0.1) is 0 Å². The number of ether oxygens (including phenoxy) is 1. The topological polar surface area (TPSA) is 80.3 Å². The van der Waals surface area contributed by atoms with Gasteiger partial charge in [0, 0.05) is 36.1 Å². The van der Waals surface area contributed by atoms with Crippen LogP contribution < -0.4 is 10.6 Å². The van der Waals surface area contributed by atoms with Gasteiger partial charge in [0.25, 0.3) is 11.8 Å². The number of rotatable bonds is 6. The molecule has 0 aliphatic heterocycles. The Bertz CT molecular complexity index is 750. The molecule has 1 aromatic carbocycles. The van der Waals surface area contributed by atoms with Crippen LogP contribution in [0.4, 0.5) is 5.69 Å².